The van der Waals surface area contributed by atoms with Crippen molar-refractivity contribution in [2.45, 2.75) is 29.7 Å². The topological polar surface area (TPSA) is 12.0 Å². The van der Waals surface area contributed by atoms with Crippen LogP contribution in [0.15, 0.2) is 50.7 Å². The molecule has 0 aromatic heterocycles. The molecule has 0 bridgehead atoms. The van der Waals surface area contributed by atoms with Gasteiger partial charge in [0, 0.05) is 15.4 Å². The Hall–Kier alpha value is -0.910. The Morgan fingerprint density at radius 1 is 1.19 bits per heavy atom. The van der Waals surface area contributed by atoms with Crippen molar-refractivity contribution in [3.8, 4) is 0 Å². The molecule has 0 aliphatic heterocycles. The van der Waals surface area contributed by atoms with Gasteiger partial charge in [-0.1, -0.05) is 40.7 Å². The van der Waals surface area contributed by atoms with Crippen LogP contribution in [0.2, 0.25) is 0 Å². The van der Waals surface area contributed by atoms with E-state index in [2.05, 4.69) is 35.1 Å². The van der Waals surface area contributed by atoms with Gasteiger partial charge in [0.1, 0.15) is 11.6 Å². The van der Waals surface area contributed by atoms with E-state index in [9.17, 15) is 8.78 Å². The van der Waals surface area contributed by atoms with Crippen molar-refractivity contribution in [3.63, 3.8) is 0 Å². The molecule has 0 amide bonds. The first-order valence-corrected chi connectivity index (χ1v) is 8.28. The van der Waals surface area contributed by atoms with E-state index in [1.165, 1.54) is 17.8 Å². The summed E-state index contributed by atoms with van der Waals surface area (Å²) >= 11 is 4.75. The molecular weight excluding hydrogens is 356 g/mol. The van der Waals surface area contributed by atoms with Crippen molar-refractivity contribution < 1.29 is 8.78 Å². The average Bonchev–Trinajstić information content (AvgIpc) is 2.43. The van der Waals surface area contributed by atoms with Crippen molar-refractivity contribution in [2.75, 3.05) is 6.54 Å². The van der Waals surface area contributed by atoms with Crippen LogP contribution in [0.4, 0.5) is 8.78 Å². The average molecular weight is 372 g/mol. The maximum Gasteiger partial charge on any atom is 0.137 e. The summed E-state index contributed by atoms with van der Waals surface area (Å²) < 4.78 is 27.8. The van der Waals surface area contributed by atoms with Crippen LogP contribution in [0.25, 0.3) is 0 Å². The molecule has 0 radical (unpaired) electrons. The number of halogens is 3. The molecule has 0 saturated carbocycles. The summed E-state index contributed by atoms with van der Waals surface area (Å²) in [6.45, 7) is 5.03. The van der Waals surface area contributed by atoms with Crippen LogP contribution < -0.4 is 5.32 Å². The summed E-state index contributed by atoms with van der Waals surface area (Å²) in [5.41, 5.74) is 1.14. The molecule has 2 aromatic carbocycles. The fraction of sp³-hybridized carbons (Fsp3) is 0.250. The number of benzene rings is 2. The highest BCUT2D eigenvalue weighted by atomic mass is 79.9. The molecule has 0 spiro atoms. The van der Waals surface area contributed by atoms with Crippen molar-refractivity contribution in [2.24, 2.45) is 0 Å². The fourth-order valence-electron chi connectivity index (χ4n) is 2.02. The van der Waals surface area contributed by atoms with Crippen molar-refractivity contribution in [3.05, 3.63) is 58.1 Å². The van der Waals surface area contributed by atoms with Gasteiger partial charge in [-0.05, 0) is 49.4 Å². The number of nitrogens with one attached hydrogen (secondary N) is 1. The Balaban J connectivity index is 2.22. The van der Waals surface area contributed by atoms with E-state index in [0.29, 0.717) is 0 Å². The highest BCUT2D eigenvalue weighted by molar-refractivity contribution is 9.10. The van der Waals surface area contributed by atoms with Gasteiger partial charge in [0.15, 0.2) is 0 Å². The third-order valence-electron chi connectivity index (χ3n) is 3.07. The molecule has 0 saturated heterocycles. The van der Waals surface area contributed by atoms with Gasteiger partial charge < -0.3 is 5.32 Å². The predicted molar refractivity (Wildman–Crippen MR) is 86.7 cm³/mol. The standard InChI is InChI=1S/C16H16BrF2NS/c1-3-20-10(2)13-6-5-12(9-14(13)17)21-16-8-11(18)4-7-15(16)19/h4-10,20H,3H2,1-2H3. The first kappa shape index (κ1) is 16.5. The summed E-state index contributed by atoms with van der Waals surface area (Å²) in [6.07, 6.45) is 0. The van der Waals surface area contributed by atoms with Crippen LogP contribution in [0.3, 0.4) is 0 Å². The van der Waals surface area contributed by atoms with E-state index in [0.717, 1.165) is 33.6 Å². The second kappa shape index (κ2) is 7.38. The third-order valence-corrected chi connectivity index (χ3v) is 4.78. The lowest BCUT2D eigenvalue weighted by Gasteiger charge is -2.15. The molecular formula is C16H16BrF2NS. The molecule has 1 N–H and O–H groups in total. The Kier molecular flexibility index (Phi) is 5.79. The summed E-state index contributed by atoms with van der Waals surface area (Å²) in [6, 6.07) is 9.56. The minimum atomic E-state index is -0.435. The van der Waals surface area contributed by atoms with E-state index in [-0.39, 0.29) is 10.9 Å². The van der Waals surface area contributed by atoms with Gasteiger partial charge in [0.2, 0.25) is 0 Å². The molecule has 5 heteroatoms. The van der Waals surface area contributed by atoms with Gasteiger partial charge in [-0.25, -0.2) is 8.78 Å². The highest BCUT2D eigenvalue weighted by Crippen LogP contribution is 2.34. The Morgan fingerprint density at radius 2 is 1.95 bits per heavy atom. The van der Waals surface area contributed by atoms with Gasteiger partial charge in [-0.15, -0.1) is 0 Å². The monoisotopic (exact) mass is 371 g/mol. The lowest BCUT2D eigenvalue weighted by molar-refractivity contribution is 0.577. The summed E-state index contributed by atoms with van der Waals surface area (Å²) in [5.74, 6) is -0.849. The largest absolute Gasteiger partial charge is 0.310 e. The van der Waals surface area contributed by atoms with Crippen LogP contribution in [0, 0.1) is 11.6 Å². The van der Waals surface area contributed by atoms with Gasteiger partial charge in [0.05, 0.1) is 4.90 Å². The number of hydrogen-bond donors (Lipinski definition) is 1. The molecule has 1 nitrogen and oxygen atoms in total. The van der Waals surface area contributed by atoms with Gasteiger partial charge in [0.25, 0.3) is 0 Å². The van der Waals surface area contributed by atoms with Crippen LogP contribution >= 0.6 is 27.7 Å². The molecule has 1 atom stereocenters. The van der Waals surface area contributed by atoms with Crippen LogP contribution in [0.1, 0.15) is 25.5 Å². The molecule has 2 aromatic rings. The van der Waals surface area contributed by atoms with Crippen LogP contribution in [-0.2, 0) is 0 Å². The fourth-order valence-corrected chi connectivity index (χ4v) is 3.80. The van der Waals surface area contributed by atoms with Crippen molar-refractivity contribution in [1.82, 2.24) is 5.32 Å². The summed E-state index contributed by atoms with van der Waals surface area (Å²) in [4.78, 5) is 1.15. The quantitative estimate of drug-likeness (QED) is 0.739. The van der Waals surface area contributed by atoms with E-state index >= 15 is 0 Å². The molecule has 0 aliphatic carbocycles. The van der Waals surface area contributed by atoms with E-state index < -0.39 is 11.6 Å². The SMILES string of the molecule is CCNC(C)c1ccc(Sc2cc(F)ccc2F)cc1Br. The second-order valence-electron chi connectivity index (χ2n) is 4.64. The Bertz CT molecular complexity index is 634. The predicted octanol–water partition coefficient (Wildman–Crippen LogP) is 5.55. The minimum Gasteiger partial charge on any atom is -0.310 e. The smallest absolute Gasteiger partial charge is 0.137 e. The number of rotatable bonds is 5. The zero-order chi connectivity index (χ0) is 15.4. The highest BCUT2D eigenvalue weighted by Gasteiger charge is 2.11. The van der Waals surface area contributed by atoms with Crippen molar-refractivity contribution >= 4 is 27.7 Å². The lowest BCUT2D eigenvalue weighted by atomic mass is 10.1. The van der Waals surface area contributed by atoms with Gasteiger partial charge in [-0.2, -0.15) is 0 Å². The summed E-state index contributed by atoms with van der Waals surface area (Å²) in [7, 11) is 0. The molecule has 2 rings (SSSR count). The van der Waals surface area contributed by atoms with E-state index in [1.54, 1.807) is 0 Å². The maximum atomic E-state index is 13.7. The summed E-state index contributed by atoms with van der Waals surface area (Å²) in [5, 5.41) is 3.34. The maximum absolute atomic E-state index is 13.7. The molecule has 112 valence electrons. The zero-order valence-electron chi connectivity index (χ0n) is 11.8. The van der Waals surface area contributed by atoms with Crippen LogP contribution in [0.5, 0.6) is 0 Å². The zero-order valence-corrected chi connectivity index (χ0v) is 14.2. The van der Waals surface area contributed by atoms with Crippen molar-refractivity contribution in [1.29, 1.82) is 0 Å². The normalized spacial score (nSPS) is 12.4. The molecule has 0 fully saturated rings. The van der Waals surface area contributed by atoms with Crippen LogP contribution in [-0.4, -0.2) is 6.54 Å². The van der Waals surface area contributed by atoms with E-state index in [1.807, 2.05) is 18.2 Å². The first-order chi connectivity index (χ1) is 10.0. The lowest BCUT2D eigenvalue weighted by Crippen LogP contribution is -2.18. The molecule has 0 aliphatic rings. The third kappa shape index (κ3) is 4.28. The number of hydrogen-bond acceptors (Lipinski definition) is 2. The van der Waals surface area contributed by atoms with E-state index in [4.69, 9.17) is 0 Å². The Morgan fingerprint density at radius 3 is 2.62 bits per heavy atom. The first-order valence-electron chi connectivity index (χ1n) is 6.67. The minimum absolute atomic E-state index is 0.231. The van der Waals surface area contributed by atoms with Gasteiger partial charge >= 0.3 is 0 Å². The van der Waals surface area contributed by atoms with Gasteiger partial charge in [-0.3, -0.25) is 0 Å². The molecule has 21 heavy (non-hydrogen) atoms. The molecule has 1 unspecified atom stereocenters. The molecule has 0 heterocycles. The second-order valence-corrected chi connectivity index (χ2v) is 6.61. The Labute approximate surface area is 136 Å².